The molecule has 10 nitrogen and oxygen atoms in total. The van der Waals surface area contributed by atoms with Crippen LogP contribution in [0.3, 0.4) is 0 Å². The van der Waals surface area contributed by atoms with Crippen molar-refractivity contribution in [1.29, 1.82) is 0 Å². The molecule has 3 N–H and O–H groups in total. The Morgan fingerprint density at radius 3 is 2.50 bits per heavy atom. The van der Waals surface area contributed by atoms with Gasteiger partial charge in [0.25, 0.3) is 5.91 Å². The number of benzene rings is 1. The van der Waals surface area contributed by atoms with E-state index in [0.717, 1.165) is 6.07 Å². The van der Waals surface area contributed by atoms with Crippen LogP contribution in [0.1, 0.15) is 40.6 Å². The zero-order valence-corrected chi connectivity index (χ0v) is 20.2. The summed E-state index contributed by atoms with van der Waals surface area (Å²) in [4.78, 5) is 31.3. The first kappa shape index (κ1) is 25.5. The molecule has 0 spiro atoms. The highest BCUT2D eigenvalue weighted by Crippen LogP contribution is 2.37. The summed E-state index contributed by atoms with van der Waals surface area (Å²) >= 11 is 0. The second-order valence-corrected chi connectivity index (χ2v) is 8.80. The summed E-state index contributed by atoms with van der Waals surface area (Å²) in [6, 6.07) is 6.79. The van der Waals surface area contributed by atoms with Gasteiger partial charge >= 0.3 is 6.18 Å². The highest BCUT2D eigenvalue weighted by molar-refractivity contribution is 5.98. The lowest BCUT2D eigenvalue weighted by molar-refractivity contribution is -0.140. The highest BCUT2D eigenvalue weighted by Gasteiger charge is 2.39. The van der Waals surface area contributed by atoms with E-state index in [1.54, 1.807) is 24.5 Å². The molecule has 0 aliphatic carbocycles. The van der Waals surface area contributed by atoms with Gasteiger partial charge in [0.05, 0.1) is 13.7 Å². The van der Waals surface area contributed by atoms with Crippen molar-refractivity contribution in [3.63, 3.8) is 0 Å². The number of likely N-dealkylation sites (tertiary alicyclic amines) is 1. The average molecular weight is 528 g/mol. The Morgan fingerprint density at radius 2 is 1.87 bits per heavy atom. The molecule has 0 radical (unpaired) electrons. The Kier molecular flexibility index (Phi) is 6.49. The van der Waals surface area contributed by atoms with Gasteiger partial charge in [-0.05, 0) is 30.3 Å². The van der Waals surface area contributed by atoms with Crippen LogP contribution >= 0.6 is 0 Å². The standard InChI is InChI=1S/C25H23F3N6O4/c1-37-16-5-3-15(14-4-6-18(25(26,27)28)32-19(14)16)21-33-20(17(13-29)38-21)22(35)34-11-7-24(36,8-12-34)23-30-9-2-10-31-23/h2-6,9-10,36H,7-8,11-13,29H2,1H3. The fourth-order valence-corrected chi connectivity index (χ4v) is 4.47. The molecule has 38 heavy (non-hydrogen) atoms. The first-order valence-electron chi connectivity index (χ1n) is 11.7. The van der Waals surface area contributed by atoms with Gasteiger partial charge in [-0.2, -0.15) is 13.2 Å². The Bertz CT molecular complexity index is 1480. The van der Waals surface area contributed by atoms with Gasteiger partial charge in [-0.1, -0.05) is 0 Å². The van der Waals surface area contributed by atoms with Crippen molar-refractivity contribution in [1.82, 2.24) is 24.8 Å². The number of alkyl halides is 3. The molecule has 4 heterocycles. The van der Waals surface area contributed by atoms with Crippen LogP contribution in [0, 0.1) is 0 Å². The van der Waals surface area contributed by atoms with Crippen molar-refractivity contribution in [3.05, 3.63) is 65.7 Å². The minimum atomic E-state index is -4.64. The Labute approximate surface area is 214 Å². The van der Waals surface area contributed by atoms with Crippen LogP contribution in [0.4, 0.5) is 13.2 Å². The van der Waals surface area contributed by atoms with E-state index in [-0.39, 0.29) is 61.1 Å². The molecule has 5 rings (SSSR count). The zero-order valence-electron chi connectivity index (χ0n) is 20.2. The maximum absolute atomic E-state index is 13.4. The number of piperidine rings is 1. The maximum atomic E-state index is 13.4. The molecular formula is C25H23F3N6O4. The normalized spacial score (nSPS) is 15.6. The molecule has 13 heteroatoms. The number of halogens is 3. The highest BCUT2D eigenvalue weighted by atomic mass is 19.4. The SMILES string of the molecule is COc1ccc(-c2nc(C(=O)N3CCC(O)(c4ncccn4)CC3)c(CN)o2)c2ccc(C(F)(F)F)nc12. The number of pyridine rings is 1. The third-order valence-electron chi connectivity index (χ3n) is 6.51. The fraction of sp³-hybridized carbons (Fsp3) is 0.320. The van der Waals surface area contributed by atoms with Gasteiger partial charge in [0, 0.05) is 49.3 Å². The number of methoxy groups -OCH3 is 1. The van der Waals surface area contributed by atoms with Gasteiger partial charge < -0.3 is 24.9 Å². The number of nitrogens with zero attached hydrogens (tertiary/aromatic N) is 5. The number of aliphatic hydroxyl groups is 1. The topological polar surface area (TPSA) is 140 Å². The number of carbonyl (C=O) groups excluding carboxylic acids is 1. The summed E-state index contributed by atoms with van der Waals surface area (Å²) in [6.45, 7) is 0.305. The molecule has 0 unspecified atom stereocenters. The first-order valence-corrected chi connectivity index (χ1v) is 11.7. The predicted molar refractivity (Wildman–Crippen MR) is 128 cm³/mol. The van der Waals surface area contributed by atoms with E-state index in [1.165, 1.54) is 24.1 Å². The number of amides is 1. The number of ether oxygens (including phenoxy) is 1. The molecule has 4 aromatic rings. The Morgan fingerprint density at radius 1 is 1.16 bits per heavy atom. The minimum Gasteiger partial charge on any atom is -0.494 e. The lowest BCUT2D eigenvalue weighted by Crippen LogP contribution is -2.46. The summed E-state index contributed by atoms with van der Waals surface area (Å²) < 4.78 is 50.8. The van der Waals surface area contributed by atoms with Gasteiger partial charge in [0.1, 0.15) is 22.6 Å². The molecule has 0 bridgehead atoms. The van der Waals surface area contributed by atoms with E-state index in [4.69, 9.17) is 14.9 Å². The molecule has 1 amide bonds. The largest absolute Gasteiger partial charge is 0.494 e. The lowest BCUT2D eigenvalue weighted by atomic mass is 9.90. The van der Waals surface area contributed by atoms with E-state index in [1.807, 2.05) is 0 Å². The second kappa shape index (κ2) is 9.65. The molecule has 0 saturated carbocycles. The molecule has 1 aromatic carbocycles. The second-order valence-electron chi connectivity index (χ2n) is 8.80. The number of aromatic nitrogens is 4. The van der Waals surface area contributed by atoms with Crippen molar-refractivity contribution in [2.75, 3.05) is 20.2 Å². The first-order chi connectivity index (χ1) is 18.1. The van der Waals surface area contributed by atoms with Gasteiger partial charge in [-0.15, -0.1) is 0 Å². The summed E-state index contributed by atoms with van der Waals surface area (Å²) in [6.07, 6.45) is -1.10. The van der Waals surface area contributed by atoms with Crippen LogP contribution in [-0.4, -0.2) is 56.0 Å². The Balaban J connectivity index is 1.46. The van der Waals surface area contributed by atoms with Gasteiger partial charge in [-0.3, -0.25) is 4.79 Å². The van der Waals surface area contributed by atoms with Gasteiger partial charge in [-0.25, -0.2) is 19.9 Å². The van der Waals surface area contributed by atoms with E-state index >= 15 is 0 Å². The number of hydrogen-bond donors (Lipinski definition) is 2. The number of nitrogens with two attached hydrogens (primary N) is 1. The van der Waals surface area contributed by atoms with E-state index in [0.29, 0.717) is 16.8 Å². The molecule has 1 saturated heterocycles. The summed E-state index contributed by atoms with van der Waals surface area (Å²) in [5.41, 5.74) is 3.80. The van der Waals surface area contributed by atoms with Gasteiger partial charge in [0.2, 0.25) is 5.89 Å². The Hall–Kier alpha value is -4.10. The number of hydrogen-bond acceptors (Lipinski definition) is 9. The number of fused-ring (bicyclic) bond motifs is 1. The quantitative estimate of drug-likeness (QED) is 0.399. The molecule has 0 atom stereocenters. The molecule has 1 aliphatic heterocycles. The third kappa shape index (κ3) is 4.54. The number of carbonyl (C=O) groups is 1. The molecule has 3 aromatic heterocycles. The van der Waals surface area contributed by atoms with Crippen LogP contribution < -0.4 is 10.5 Å². The monoisotopic (exact) mass is 528 g/mol. The fourth-order valence-electron chi connectivity index (χ4n) is 4.47. The van der Waals surface area contributed by atoms with Crippen LogP contribution in [0.15, 0.2) is 47.1 Å². The summed E-state index contributed by atoms with van der Waals surface area (Å²) in [7, 11) is 1.33. The van der Waals surface area contributed by atoms with E-state index in [2.05, 4.69) is 19.9 Å². The summed E-state index contributed by atoms with van der Waals surface area (Å²) in [5.74, 6) is 0.133. The zero-order chi connectivity index (χ0) is 27.1. The van der Waals surface area contributed by atoms with Gasteiger partial charge in [0.15, 0.2) is 17.3 Å². The third-order valence-corrected chi connectivity index (χ3v) is 6.51. The molecule has 1 aliphatic rings. The lowest BCUT2D eigenvalue weighted by Gasteiger charge is -2.36. The minimum absolute atomic E-state index is 0.00672. The maximum Gasteiger partial charge on any atom is 0.433 e. The molecule has 1 fully saturated rings. The van der Waals surface area contributed by atoms with Crippen molar-refractivity contribution >= 4 is 16.8 Å². The molecule has 198 valence electrons. The number of oxazole rings is 1. The van der Waals surface area contributed by atoms with E-state index < -0.39 is 23.4 Å². The van der Waals surface area contributed by atoms with Crippen LogP contribution in [0.25, 0.3) is 22.4 Å². The number of rotatable bonds is 5. The van der Waals surface area contributed by atoms with E-state index in [9.17, 15) is 23.1 Å². The van der Waals surface area contributed by atoms with Crippen molar-refractivity contribution in [2.24, 2.45) is 5.73 Å². The summed E-state index contributed by atoms with van der Waals surface area (Å²) in [5, 5.41) is 11.3. The average Bonchev–Trinajstić information content (AvgIpc) is 3.36. The molecular weight excluding hydrogens is 505 g/mol. The van der Waals surface area contributed by atoms with Crippen molar-refractivity contribution in [2.45, 2.75) is 31.2 Å². The van der Waals surface area contributed by atoms with Crippen molar-refractivity contribution in [3.8, 4) is 17.2 Å². The van der Waals surface area contributed by atoms with Crippen LogP contribution in [0.2, 0.25) is 0 Å². The smallest absolute Gasteiger partial charge is 0.433 e. The predicted octanol–water partition coefficient (Wildman–Crippen LogP) is 3.29. The van der Waals surface area contributed by atoms with Crippen LogP contribution in [0.5, 0.6) is 5.75 Å². The van der Waals surface area contributed by atoms with Crippen molar-refractivity contribution < 1.29 is 32.2 Å². The van der Waals surface area contributed by atoms with Crippen LogP contribution in [-0.2, 0) is 18.3 Å².